The highest BCUT2D eigenvalue weighted by molar-refractivity contribution is 6.30. The van der Waals surface area contributed by atoms with Crippen LogP contribution in [0.2, 0.25) is 5.02 Å². The molecule has 1 amide bonds. The number of nitrogens with zero attached hydrogens (tertiary/aromatic N) is 1. The molecule has 0 unspecified atom stereocenters. The fourth-order valence-electron chi connectivity index (χ4n) is 2.37. The molecule has 0 bridgehead atoms. The van der Waals surface area contributed by atoms with Gasteiger partial charge in [-0.25, -0.2) is 5.43 Å². The Morgan fingerprint density at radius 3 is 2.70 bits per heavy atom. The molecule has 6 nitrogen and oxygen atoms in total. The molecule has 3 rings (SSSR count). The van der Waals surface area contributed by atoms with E-state index < -0.39 is 5.91 Å². The summed E-state index contributed by atoms with van der Waals surface area (Å²) in [7, 11) is 1.57. The Morgan fingerprint density at radius 2 is 1.96 bits per heavy atom. The number of ether oxygens (including phenoxy) is 1. The van der Waals surface area contributed by atoms with Crippen molar-refractivity contribution in [2.75, 3.05) is 7.11 Å². The number of H-pyrrole nitrogens is 1. The van der Waals surface area contributed by atoms with Gasteiger partial charge in [-0.1, -0.05) is 23.7 Å². The smallest absolute Gasteiger partial charge is 0.264 e. The summed E-state index contributed by atoms with van der Waals surface area (Å²) < 4.78 is 5.18. The number of amides is 1. The molecule has 3 aromatic rings. The van der Waals surface area contributed by atoms with E-state index in [-0.39, 0.29) is 5.56 Å². The van der Waals surface area contributed by atoms with Gasteiger partial charge in [-0.3, -0.25) is 9.59 Å². The van der Waals surface area contributed by atoms with E-state index in [9.17, 15) is 9.59 Å². The molecular formula is C20H16ClN3O3. The van der Waals surface area contributed by atoms with Crippen molar-refractivity contribution < 1.29 is 9.53 Å². The molecule has 136 valence electrons. The monoisotopic (exact) mass is 381 g/mol. The van der Waals surface area contributed by atoms with Crippen molar-refractivity contribution in [3.05, 3.63) is 81.1 Å². The van der Waals surface area contributed by atoms with Gasteiger partial charge in [-0.15, -0.1) is 0 Å². The van der Waals surface area contributed by atoms with Crippen molar-refractivity contribution >= 4 is 40.7 Å². The molecule has 1 heterocycles. The lowest BCUT2D eigenvalue weighted by atomic mass is 10.1. The van der Waals surface area contributed by atoms with Crippen LogP contribution in [-0.2, 0) is 4.79 Å². The summed E-state index contributed by atoms with van der Waals surface area (Å²) >= 11 is 5.81. The number of benzene rings is 2. The molecule has 27 heavy (non-hydrogen) atoms. The fraction of sp³-hybridized carbons (Fsp3) is 0.0500. The van der Waals surface area contributed by atoms with Crippen molar-refractivity contribution in [2.24, 2.45) is 5.10 Å². The van der Waals surface area contributed by atoms with Gasteiger partial charge in [0, 0.05) is 22.0 Å². The molecule has 0 atom stereocenters. The van der Waals surface area contributed by atoms with Crippen molar-refractivity contribution in [3.63, 3.8) is 0 Å². The zero-order chi connectivity index (χ0) is 19.2. The molecule has 2 aromatic carbocycles. The second-order valence-electron chi connectivity index (χ2n) is 5.63. The minimum atomic E-state index is -0.417. The molecule has 0 fully saturated rings. The van der Waals surface area contributed by atoms with E-state index in [1.54, 1.807) is 61.7 Å². The molecule has 0 aliphatic rings. The summed E-state index contributed by atoms with van der Waals surface area (Å²) in [6.07, 6.45) is 4.28. The van der Waals surface area contributed by atoms with Gasteiger partial charge in [0.15, 0.2) is 0 Å². The molecule has 7 heteroatoms. The van der Waals surface area contributed by atoms with Crippen LogP contribution in [-0.4, -0.2) is 24.2 Å². The number of aromatic nitrogens is 1. The van der Waals surface area contributed by atoms with Crippen molar-refractivity contribution in [1.29, 1.82) is 0 Å². The Balaban J connectivity index is 1.69. The van der Waals surface area contributed by atoms with E-state index in [0.717, 1.165) is 10.9 Å². The number of carbonyl (C=O) groups is 1. The Kier molecular flexibility index (Phi) is 5.68. The third-order valence-electron chi connectivity index (χ3n) is 3.76. The molecule has 0 saturated heterocycles. The fourth-order valence-corrected chi connectivity index (χ4v) is 2.50. The van der Waals surface area contributed by atoms with Crippen LogP contribution in [0, 0.1) is 0 Å². The summed E-state index contributed by atoms with van der Waals surface area (Å²) in [5.74, 6) is 0.262. The Bertz CT molecular complexity index is 1090. The summed E-state index contributed by atoms with van der Waals surface area (Å²) in [5.41, 5.74) is 3.88. The van der Waals surface area contributed by atoms with Gasteiger partial charge in [-0.2, -0.15) is 5.10 Å². The van der Waals surface area contributed by atoms with Crippen molar-refractivity contribution in [1.82, 2.24) is 10.4 Å². The van der Waals surface area contributed by atoms with E-state index >= 15 is 0 Å². The maximum Gasteiger partial charge on any atom is 0.264 e. The van der Waals surface area contributed by atoms with Gasteiger partial charge >= 0.3 is 0 Å². The zero-order valence-electron chi connectivity index (χ0n) is 14.4. The van der Waals surface area contributed by atoms with Crippen LogP contribution >= 0.6 is 11.6 Å². The van der Waals surface area contributed by atoms with Gasteiger partial charge < -0.3 is 9.72 Å². The summed E-state index contributed by atoms with van der Waals surface area (Å²) in [5, 5.41) is 5.25. The molecule has 1 aromatic heterocycles. The van der Waals surface area contributed by atoms with Crippen LogP contribution in [0.5, 0.6) is 5.75 Å². The van der Waals surface area contributed by atoms with E-state index in [0.29, 0.717) is 21.9 Å². The topological polar surface area (TPSA) is 83.6 Å². The standard InChI is InChI=1S/C20H16ClN3O3/c1-27-17-7-8-18-14(11-17)10-15(20(26)23-18)12-22-24-19(25)9-4-13-2-5-16(21)6-3-13/h2-12H,1H3,(H,23,26)(H,24,25)/b9-4+,22-12-. The van der Waals surface area contributed by atoms with Crippen LogP contribution in [0.25, 0.3) is 17.0 Å². The maximum absolute atomic E-state index is 12.1. The summed E-state index contributed by atoms with van der Waals surface area (Å²) in [4.78, 5) is 26.7. The first-order valence-corrected chi connectivity index (χ1v) is 8.41. The molecule has 0 spiro atoms. The lowest BCUT2D eigenvalue weighted by Crippen LogP contribution is -2.17. The van der Waals surface area contributed by atoms with Gasteiger partial charge in [0.2, 0.25) is 0 Å². The summed E-state index contributed by atoms with van der Waals surface area (Å²) in [6, 6.07) is 14.1. The van der Waals surface area contributed by atoms with Crippen LogP contribution in [0.1, 0.15) is 11.1 Å². The van der Waals surface area contributed by atoms with E-state index in [4.69, 9.17) is 16.3 Å². The van der Waals surface area contributed by atoms with Crippen LogP contribution in [0.3, 0.4) is 0 Å². The number of pyridine rings is 1. The first-order valence-electron chi connectivity index (χ1n) is 8.03. The number of fused-ring (bicyclic) bond motifs is 1. The average molecular weight is 382 g/mol. The van der Waals surface area contributed by atoms with Gasteiger partial charge in [0.05, 0.1) is 18.9 Å². The SMILES string of the molecule is COc1ccc2[nH]c(=O)c(/C=N\NC(=O)/C=C/c3ccc(Cl)cc3)cc2c1. The first-order chi connectivity index (χ1) is 13.0. The predicted molar refractivity (Wildman–Crippen MR) is 107 cm³/mol. The highest BCUT2D eigenvalue weighted by Crippen LogP contribution is 2.18. The first kappa shape index (κ1) is 18.4. The predicted octanol–water partition coefficient (Wildman–Crippen LogP) is 3.35. The molecule has 2 N–H and O–H groups in total. The van der Waals surface area contributed by atoms with Crippen LogP contribution < -0.4 is 15.7 Å². The van der Waals surface area contributed by atoms with Crippen LogP contribution in [0.4, 0.5) is 0 Å². The minimum absolute atomic E-state index is 0.303. The van der Waals surface area contributed by atoms with Gasteiger partial charge in [0.25, 0.3) is 11.5 Å². The Morgan fingerprint density at radius 1 is 1.19 bits per heavy atom. The number of nitrogens with one attached hydrogen (secondary N) is 2. The third kappa shape index (κ3) is 4.83. The van der Waals surface area contributed by atoms with E-state index in [1.807, 2.05) is 0 Å². The zero-order valence-corrected chi connectivity index (χ0v) is 15.2. The minimum Gasteiger partial charge on any atom is -0.497 e. The third-order valence-corrected chi connectivity index (χ3v) is 4.01. The molecule has 0 saturated carbocycles. The number of hydrogen-bond acceptors (Lipinski definition) is 4. The molecule has 0 radical (unpaired) electrons. The molecule has 0 aliphatic heterocycles. The molecular weight excluding hydrogens is 366 g/mol. The lowest BCUT2D eigenvalue weighted by Gasteiger charge is -2.03. The number of methoxy groups -OCH3 is 1. The second-order valence-corrected chi connectivity index (χ2v) is 6.06. The van der Waals surface area contributed by atoms with Crippen molar-refractivity contribution in [3.8, 4) is 5.75 Å². The normalized spacial score (nSPS) is 11.3. The quantitative estimate of drug-likeness (QED) is 0.404. The number of hydrogen-bond donors (Lipinski definition) is 2. The number of aromatic amines is 1. The lowest BCUT2D eigenvalue weighted by molar-refractivity contribution is -0.116. The van der Waals surface area contributed by atoms with E-state index in [2.05, 4.69) is 15.5 Å². The largest absolute Gasteiger partial charge is 0.497 e. The summed E-state index contributed by atoms with van der Waals surface area (Å²) in [6.45, 7) is 0. The number of carbonyl (C=O) groups excluding carboxylic acids is 1. The Labute approximate surface area is 160 Å². The molecule has 0 aliphatic carbocycles. The highest BCUT2D eigenvalue weighted by Gasteiger charge is 2.02. The van der Waals surface area contributed by atoms with Crippen LogP contribution in [0.15, 0.2) is 64.5 Å². The second kappa shape index (κ2) is 8.33. The number of hydrazone groups is 1. The maximum atomic E-state index is 12.1. The van der Waals surface area contributed by atoms with Gasteiger partial charge in [-0.05, 0) is 48.0 Å². The highest BCUT2D eigenvalue weighted by atomic mass is 35.5. The Hall–Kier alpha value is -3.38. The number of rotatable bonds is 5. The average Bonchev–Trinajstić information content (AvgIpc) is 2.67. The van der Waals surface area contributed by atoms with E-state index in [1.165, 1.54) is 12.3 Å². The number of halogens is 1. The van der Waals surface area contributed by atoms with Gasteiger partial charge in [0.1, 0.15) is 5.75 Å². The van der Waals surface area contributed by atoms with Crippen molar-refractivity contribution in [2.45, 2.75) is 0 Å².